The van der Waals surface area contributed by atoms with Gasteiger partial charge in [0.2, 0.25) is 0 Å². The van der Waals surface area contributed by atoms with E-state index in [-0.39, 0.29) is 206 Å². The maximum atomic E-state index is 0. The molecular weight excluding hydrogens is 781 g/mol. The number of hydrogen-bond acceptors (Lipinski definition) is 0. The summed E-state index contributed by atoms with van der Waals surface area (Å²) in [6.45, 7) is 0. The topological polar surface area (TPSA) is 0 Å². The van der Waals surface area contributed by atoms with E-state index in [0.29, 0.717) is 0 Å². The maximum absolute atomic E-state index is 0. The molecule has 0 amide bonds. The van der Waals surface area contributed by atoms with Crippen LogP contribution in [0.4, 0.5) is 0 Å². The van der Waals surface area contributed by atoms with E-state index in [4.69, 9.17) is 0 Å². The molecule has 0 aromatic carbocycles. The van der Waals surface area contributed by atoms with Crippen molar-refractivity contribution in [3.8, 4) is 0 Å². The van der Waals surface area contributed by atoms with Gasteiger partial charge in [0.15, 0.2) is 0 Å². The van der Waals surface area contributed by atoms with Crippen LogP contribution in [0.1, 0.15) is 0 Å². The second kappa shape index (κ2) is 22.4. The Morgan fingerprint density at radius 2 is 1.00 bits per heavy atom. The van der Waals surface area contributed by atoms with Crippen molar-refractivity contribution in [3.63, 3.8) is 0 Å². The predicted molar refractivity (Wildman–Crippen MR) is 0 cm³/mol. The summed E-state index contributed by atoms with van der Waals surface area (Å²) < 4.78 is 0. The summed E-state index contributed by atoms with van der Waals surface area (Å²) in [6, 6.07) is 0. The fraction of sp³-hybridized carbons (Fsp3) is 0. The molecule has 40 valence electrons. The minimum absolute atomic E-state index is 0. The average Bonchev–Trinajstić information content (AvgIpc) is 0. The maximum Gasteiger partial charge on any atom is 0 e. The fourth-order valence-corrected chi connectivity index (χ4v) is 0. The zero-order valence-electron chi connectivity index (χ0n) is 1.79. The Kier molecular flexibility index (Phi) is 134. The molecule has 0 saturated heterocycles. The van der Waals surface area contributed by atoms with Crippen LogP contribution < -0.4 is 0 Å². The largest absolute Gasteiger partial charge is 0 e. The van der Waals surface area contributed by atoms with Crippen LogP contribution in [0.15, 0.2) is 0 Å². The second-order valence-corrected chi connectivity index (χ2v) is 0. The molecule has 0 atom stereocenters. The molecule has 2 radical (unpaired) electrons. The molecule has 0 bridgehead atoms. The third-order valence-corrected chi connectivity index (χ3v) is 0. The zero-order valence-corrected chi connectivity index (χ0v) is 13.3. The monoisotopic (exact) mass is 786 g/mol. The SMILES string of the molecule is [Dy].[Eu].[Gd].[Sm].[Tb]. The first-order chi connectivity index (χ1) is 0. The van der Waals surface area contributed by atoms with E-state index in [1.807, 2.05) is 0 Å². The first kappa shape index (κ1) is 29.8. The average molecular weight is 781 g/mol. The molecule has 0 unspecified atom stereocenters. The molecular formula is DyEuGdSmTb. The minimum atomic E-state index is 0. The van der Waals surface area contributed by atoms with Crippen LogP contribution in [0.5, 0.6) is 0 Å². The van der Waals surface area contributed by atoms with Crippen molar-refractivity contribution in [2.45, 2.75) is 0 Å². The van der Waals surface area contributed by atoms with Gasteiger partial charge in [-0.1, -0.05) is 0 Å². The first-order valence-electron chi connectivity index (χ1n) is 0. The summed E-state index contributed by atoms with van der Waals surface area (Å²) in [4.78, 5) is 0. The van der Waals surface area contributed by atoms with Gasteiger partial charge in [-0.15, -0.1) is 0 Å². The van der Waals surface area contributed by atoms with Gasteiger partial charge in [-0.05, 0) is 0 Å². The van der Waals surface area contributed by atoms with Crippen LogP contribution in [-0.2, 0) is 0 Å². The quantitative estimate of drug-likeness (QED) is 0.325. The van der Waals surface area contributed by atoms with E-state index in [2.05, 4.69) is 0 Å². The van der Waals surface area contributed by atoms with Gasteiger partial charge in [-0.2, -0.15) is 0 Å². The summed E-state index contributed by atoms with van der Waals surface area (Å²) in [7, 11) is 0. The number of hydrogen-bond donors (Lipinski definition) is 0. The molecule has 0 rings (SSSR count). The molecule has 0 aromatic rings. The summed E-state index contributed by atoms with van der Waals surface area (Å²) in [5.74, 6) is 0. The molecule has 0 nitrogen and oxygen atoms in total. The third-order valence-electron chi connectivity index (χ3n) is 0. The van der Waals surface area contributed by atoms with Gasteiger partial charge in [-0.3, -0.25) is 0 Å². The van der Waals surface area contributed by atoms with E-state index < -0.39 is 0 Å². The van der Waals surface area contributed by atoms with Gasteiger partial charge < -0.3 is 0 Å². The summed E-state index contributed by atoms with van der Waals surface area (Å²) in [6.07, 6.45) is 0. The number of rotatable bonds is 0. The molecule has 0 N–H and O–H groups in total. The van der Waals surface area contributed by atoms with Crippen molar-refractivity contribution in [3.05, 3.63) is 0 Å². The van der Waals surface area contributed by atoms with E-state index in [1.165, 1.54) is 0 Å². The Balaban J connectivity index is 0. The van der Waals surface area contributed by atoms with Crippen LogP contribution in [0, 0.1) is 206 Å². The first-order valence-corrected chi connectivity index (χ1v) is 0. The van der Waals surface area contributed by atoms with Crippen molar-refractivity contribution in [1.29, 1.82) is 0 Å². The van der Waals surface area contributed by atoms with Crippen LogP contribution in [0.25, 0.3) is 0 Å². The van der Waals surface area contributed by atoms with Crippen molar-refractivity contribution >= 4 is 0 Å². The summed E-state index contributed by atoms with van der Waals surface area (Å²) in [5.41, 5.74) is 0. The smallest absolute Gasteiger partial charge is 0 e. The molecule has 0 saturated carbocycles. The van der Waals surface area contributed by atoms with Gasteiger partial charge in [0.1, 0.15) is 0 Å². The van der Waals surface area contributed by atoms with Gasteiger partial charge in [0.05, 0.1) is 0 Å². The molecule has 5 heteroatoms. The molecule has 0 aliphatic carbocycles. The third kappa shape index (κ3) is 18.1. The van der Waals surface area contributed by atoms with Gasteiger partial charge in [0.25, 0.3) is 0 Å². The van der Waals surface area contributed by atoms with Crippen LogP contribution >= 0.6 is 0 Å². The molecule has 0 aliphatic rings. The Morgan fingerprint density at radius 1 is 1.00 bits per heavy atom. The standard InChI is InChI=1S/Dy.Eu.Gd.Sm.Tb. The molecule has 0 heterocycles. The van der Waals surface area contributed by atoms with E-state index in [9.17, 15) is 0 Å². The van der Waals surface area contributed by atoms with Crippen molar-refractivity contribution in [2.24, 2.45) is 0 Å². The minimum Gasteiger partial charge on any atom is 0 e. The van der Waals surface area contributed by atoms with E-state index in [0.717, 1.165) is 0 Å². The summed E-state index contributed by atoms with van der Waals surface area (Å²) in [5, 5.41) is 0. The molecule has 0 aliphatic heterocycles. The fourth-order valence-electron chi connectivity index (χ4n) is 0. The Hall–Kier alpha value is 6.81. The Labute approximate surface area is 199 Å². The predicted octanol–water partition coefficient (Wildman–Crippen LogP) is 0. The zero-order chi connectivity index (χ0) is 0. The Morgan fingerprint density at radius 3 is 1.00 bits per heavy atom. The van der Waals surface area contributed by atoms with E-state index in [1.54, 1.807) is 0 Å². The van der Waals surface area contributed by atoms with Crippen LogP contribution in [0.2, 0.25) is 0 Å². The van der Waals surface area contributed by atoms with Crippen molar-refractivity contribution in [1.82, 2.24) is 0 Å². The van der Waals surface area contributed by atoms with Gasteiger partial charge >= 0.3 is 0 Å². The normalized spacial score (nSPS) is 0. The van der Waals surface area contributed by atoms with Crippen LogP contribution in [-0.4, -0.2) is 0 Å². The molecule has 0 fully saturated rings. The van der Waals surface area contributed by atoms with Crippen LogP contribution in [0.3, 0.4) is 0 Å². The van der Waals surface area contributed by atoms with Gasteiger partial charge in [-0.25, -0.2) is 0 Å². The van der Waals surface area contributed by atoms with Crippen molar-refractivity contribution < 1.29 is 206 Å². The van der Waals surface area contributed by atoms with Crippen molar-refractivity contribution in [2.75, 3.05) is 0 Å². The van der Waals surface area contributed by atoms with E-state index >= 15 is 0 Å². The molecule has 5 heavy (non-hydrogen) atoms. The molecule has 0 aromatic heterocycles. The van der Waals surface area contributed by atoms with Gasteiger partial charge in [0, 0.05) is 206 Å². The molecule has 0 spiro atoms. The summed E-state index contributed by atoms with van der Waals surface area (Å²) >= 11 is 0. The second-order valence-electron chi connectivity index (χ2n) is 0. The Bertz CT molecular complexity index is 11.6.